The van der Waals surface area contributed by atoms with Crippen LogP contribution < -0.4 is 0 Å². The fourth-order valence-corrected chi connectivity index (χ4v) is 3.93. The van der Waals surface area contributed by atoms with E-state index in [-0.39, 0.29) is 0 Å². The van der Waals surface area contributed by atoms with Crippen LogP contribution in [0.1, 0.15) is 47.0 Å². The maximum Gasteiger partial charge on any atom is 0.191 e. The lowest BCUT2D eigenvalue weighted by Gasteiger charge is -2.09. The van der Waals surface area contributed by atoms with Crippen LogP contribution in [0.5, 0.6) is 0 Å². The van der Waals surface area contributed by atoms with E-state index < -0.39 is 0 Å². The van der Waals surface area contributed by atoms with Crippen molar-refractivity contribution in [2.45, 2.75) is 50.1 Å². The molecule has 1 aliphatic carbocycles. The Balaban J connectivity index is 1.56. The first-order valence-corrected chi connectivity index (χ1v) is 9.33. The highest BCUT2D eigenvalue weighted by atomic mass is 32.2. The fourth-order valence-electron chi connectivity index (χ4n) is 3.06. The topological polar surface area (TPSA) is 43.9 Å². The van der Waals surface area contributed by atoms with Gasteiger partial charge in [0.1, 0.15) is 11.6 Å². The zero-order valence-electron chi connectivity index (χ0n) is 14.0. The Hall–Kier alpha value is -2.01. The van der Waals surface area contributed by atoms with Crippen LogP contribution in [0.3, 0.4) is 0 Å². The van der Waals surface area contributed by atoms with Gasteiger partial charge in [0, 0.05) is 11.7 Å². The molecule has 1 aliphatic rings. The smallest absolute Gasteiger partial charge is 0.191 e. The minimum atomic E-state index is 0.572. The van der Waals surface area contributed by atoms with Crippen LogP contribution in [-0.2, 0) is 12.3 Å². The first kappa shape index (κ1) is 15.5. The number of aromatic nitrogens is 3. The lowest BCUT2D eigenvalue weighted by atomic mass is 10.1. The molecule has 24 heavy (non-hydrogen) atoms. The van der Waals surface area contributed by atoms with Crippen molar-refractivity contribution in [2.24, 2.45) is 0 Å². The predicted octanol–water partition coefficient (Wildman–Crippen LogP) is 4.71. The highest BCUT2D eigenvalue weighted by Crippen LogP contribution is 2.40. The van der Waals surface area contributed by atoms with Crippen LogP contribution in [0, 0.1) is 13.8 Å². The quantitative estimate of drug-likeness (QED) is 0.610. The molecule has 0 spiro atoms. The van der Waals surface area contributed by atoms with Gasteiger partial charge in [-0.3, -0.25) is 4.57 Å². The van der Waals surface area contributed by atoms with Gasteiger partial charge in [-0.05, 0) is 44.4 Å². The second-order valence-electron chi connectivity index (χ2n) is 6.57. The van der Waals surface area contributed by atoms with Crippen LogP contribution in [0.2, 0.25) is 0 Å². The molecule has 0 saturated heterocycles. The van der Waals surface area contributed by atoms with Gasteiger partial charge < -0.3 is 4.42 Å². The standard InChI is InChI=1S/C19H21N3OS/c1-13-8-14(2)10-15(9-13)12-24-19-21-20-18(16-5-6-16)22(19)11-17-4-3-7-23-17/h3-4,7-10,16H,5-6,11-12H2,1-2H3. The molecule has 0 radical (unpaired) electrons. The molecule has 0 unspecified atom stereocenters. The van der Waals surface area contributed by atoms with Crippen molar-refractivity contribution in [3.63, 3.8) is 0 Å². The number of rotatable bonds is 6. The van der Waals surface area contributed by atoms with Crippen LogP contribution in [0.4, 0.5) is 0 Å². The second-order valence-corrected chi connectivity index (χ2v) is 7.51. The third-order valence-electron chi connectivity index (χ3n) is 4.23. The number of aryl methyl sites for hydroxylation is 2. The zero-order chi connectivity index (χ0) is 16.5. The Kier molecular flexibility index (Phi) is 4.19. The summed E-state index contributed by atoms with van der Waals surface area (Å²) in [6, 6.07) is 10.6. The normalized spacial score (nSPS) is 14.2. The van der Waals surface area contributed by atoms with Crippen LogP contribution in [0.25, 0.3) is 0 Å². The Labute approximate surface area is 146 Å². The van der Waals surface area contributed by atoms with Gasteiger partial charge in [-0.15, -0.1) is 10.2 Å². The third kappa shape index (κ3) is 3.41. The Morgan fingerprint density at radius 2 is 1.96 bits per heavy atom. The maximum atomic E-state index is 5.53. The Bertz CT molecular complexity index is 814. The summed E-state index contributed by atoms with van der Waals surface area (Å²) in [6.07, 6.45) is 4.16. The highest BCUT2D eigenvalue weighted by molar-refractivity contribution is 7.98. The molecule has 5 heteroatoms. The summed E-state index contributed by atoms with van der Waals surface area (Å²) in [7, 11) is 0. The Morgan fingerprint density at radius 3 is 2.62 bits per heavy atom. The van der Waals surface area contributed by atoms with Crippen molar-refractivity contribution < 1.29 is 4.42 Å². The van der Waals surface area contributed by atoms with Gasteiger partial charge in [0.25, 0.3) is 0 Å². The minimum absolute atomic E-state index is 0.572. The van der Waals surface area contributed by atoms with Crippen molar-refractivity contribution in [3.05, 3.63) is 64.9 Å². The van der Waals surface area contributed by atoms with Gasteiger partial charge >= 0.3 is 0 Å². The molecule has 1 aromatic carbocycles. The maximum absolute atomic E-state index is 5.53. The van der Waals surface area contributed by atoms with E-state index >= 15 is 0 Å². The predicted molar refractivity (Wildman–Crippen MR) is 95.3 cm³/mol. The first-order valence-electron chi connectivity index (χ1n) is 8.34. The van der Waals surface area contributed by atoms with Gasteiger partial charge in [-0.1, -0.05) is 41.1 Å². The number of thioether (sulfide) groups is 1. The van der Waals surface area contributed by atoms with E-state index in [9.17, 15) is 0 Å². The lowest BCUT2D eigenvalue weighted by Crippen LogP contribution is -2.05. The molecule has 0 N–H and O–H groups in total. The summed E-state index contributed by atoms with van der Waals surface area (Å²) in [5.41, 5.74) is 3.95. The number of furan rings is 1. The van der Waals surface area contributed by atoms with Crippen LogP contribution in [0.15, 0.2) is 46.2 Å². The largest absolute Gasteiger partial charge is 0.467 e. The van der Waals surface area contributed by atoms with E-state index in [1.807, 2.05) is 12.1 Å². The molecule has 2 aromatic heterocycles. The summed E-state index contributed by atoms with van der Waals surface area (Å²) in [5.74, 6) is 3.53. The van der Waals surface area contributed by atoms with Crippen LogP contribution >= 0.6 is 11.8 Å². The van der Waals surface area contributed by atoms with Gasteiger partial charge in [0.15, 0.2) is 5.16 Å². The summed E-state index contributed by atoms with van der Waals surface area (Å²) in [6.45, 7) is 5.00. The van der Waals surface area contributed by atoms with Crippen molar-refractivity contribution in [2.75, 3.05) is 0 Å². The molecule has 0 atom stereocenters. The molecule has 3 aromatic rings. The summed E-state index contributed by atoms with van der Waals surface area (Å²) >= 11 is 1.75. The molecule has 1 saturated carbocycles. The first-order chi connectivity index (χ1) is 11.7. The van der Waals surface area contributed by atoms with Crippen LogP contribution in [-0.4, -0.2) is 14.8 Å². The molecule has 4 rings (SSSR count). The molecular formula is C19H21N3OS. The van der Waals surface area contributed by atoms with E-state index in [2.05, 4.69) is 46.8 Å². The van der Waals surface area contributed by atoms with Crippen molar-refractivity contribution in [3.8, 4) is 0 Å². The number of hydrogen-bond donors (Lipinski definition) is 0. The molecule has 124 valence electrons. The number of hydrogen-bond acceptors (Lipinski definition) is 4. The van der Waals surface area contributed by atoms with E-state index in [0.717, 1.165) is 22.5 Å². The minimum Gasteiger partial charge on any atom is -0.467 e. The van der Waals surface area contributed by atoms with E-state index in [0.29, 0.717) is 12.5 Å². The van der Waals surface area contributed by atoms with Gasteiger partial charge in [-0.2, -0.15) is 0 Å². The lowest BCUT2D eigenvalue weighted by molar-refractivity contribution is 0.478. The van der Waals surface area contributed by atoms with Gasteiger partial charge in [-0.25, -0.2) is 0 Å². The fraction of sp³-hybridized carbons (Fsp3) is 0.368. The number of nitrogens with zero attached hydrogens (tertiary/aromatic N) is 3. The monoisotopic (exact) mass is 339 g/mol. The van der Waals surface area contributed by atoms with E-state index in [1.165, 1.54) is 29.5 Å². The second kappa shape index (κ2) is 6.48. The molecule has 1 fully saturated rings. The average molecular weight is 339 g/mol. The third-order valence-corrected chi connectivity index (χ3v) is 5.27. The van der Waals surface area contributed by atoms with Crippen molar-refractivity contribution in [1.29, 1.82) is 0 Å². The van der Waals surface area contributed by atoms with Crippen molar-refractivity contribution >= 4 is 11.8 Å². The Morgan fingerprint density at radius 1 is 1.17 bits per heavy atom. The zero-order valence-corrected chi connectivity index (χ0v) is 14.8. The van der Waals surface area contributed by atoms with E-state index in [4.69, 9.17) is 4.42 Å². The molecule has 0 aliphatic heterocycles. The SMILES string of the molecule is Cc1cc(C)cc(CSc2nnc(C3CC3)n2Cc2ccco2)c1. The van der Waals surface area contributed by atoms with Gasteiger partial charge in [0.05, 0.1) is 12.8 Å². The molecule has 2 heterocycles. The molecule has 4 nitrogen and oxygen atoms in total. The number of benzene rings is 1. The van der Waals surface area contributed by atoms with Gasteiger partial charge in [0.2, 0.25) is 0 Å². The molecule has 0 amide bonds. The van der Waals surface area contributed by atoms with E-state index in [1.54, 1.807) is 18.0 Å². The molecular weight excluding hydrogens is 318 g/mol. The summed E-state index contributed by atoms with van der Waals surface area (Å²) in [5, 5.41) is 9.89. The average Bonchev–Trinajstić information content (AvgIpc) is 3.10. The summed E-state index contributed by atoms with van der Waals surface area (Å²) < 4.78 is 7.75. The molecule has 0 bridgehead atoms. The summed E-state index contributed by atoms with van der Waals surface area (Å²) in [4.78, 5) is 0. The van der Waals surface area contributed by atoms with Crippen molar-refractivity contribution in [1.82, 2.24) is 14.8 Å². The highest BCUT2D eigenvalue weighted by Gasteiger charge is 2.30.